The van der Waals surface area contributed by atoms with E-state index in [1.807, 2.05) is 0 Å². The summed E-state index contributed by atoms with van der Waals surface area (Å²) in [5.41, 5.74) is 3.17. The van der Waals surface area contributed by atoms with E-state index >= 15 is 0 Å². The number of benzene rings is 1. The summed E-state index contributed by atoms with van der Waals surface area (Å²) < 4.78 is 5.78. The lowest BCUT2D eigenvalue weighted by molar-refractivity contribution is -0.114. The summed E-state index contributed by atoms with van der Waals surface area (Å²) in [7, 11) is 0. The van der Waals surface area contributed by atoms with Crippen molar-refractivity contribution in [3.63, 3.8) is 0 Å². The van der Waals surface area contributed by atoms with Crippen LogP contribution in [0.25, 0.3) is 0 Å². The fraction of sp³-hybridized carbons (Fsp3) is 0.667. The van der Waals surface area contributed by atoms with Gasteiger partial charge in [-0.2, -0.15) is 0 Å². The van der Waals surface area contributed by atoms with Crippen LogP contribution in [0.15, 0.2) is 24.3 Å². The SMILES string of the molecule is CCOC1CC(NCc2ccc(C3CC3)cc2)C1(C)C. The average Bonchev–Trinajstić information content (AvgIpc) is 3.27. The van der Waals surface area contributed by atoms with Crippen LogP contribution in [0.1, 0.15) is 57.1 Å². The molecule has 0 saturated heterocycles. The van der Waals surface area contributed by atoms with E-state index in [0.29, 0.717) is 12.1 Å². The second-order valence-corrected chi connectivity index (χ2v) is 6.95. The zero-order valence-corrected chi connectivity index (χ0v) is 13.0. The molecule has 1 aromatic rings. The van der Waals surface area contributed by atoms with E-state index < -0.39 is 0 Å². The van der Waals surface area contributed by atoms with Crippen molar-refractivity contribution in [1.29, 1.82) is 0 Å². The van der Waals surface area contributed by atoms with Gasteiger partial charge in [0.1, 0.15) is 0 Å². The Morgan fingerprint density at radius 1 is 1.20 bits per heavy atom. The fourth-order valence-corrected chi connectivity index (χ4v) is 3.28. The Kier molecular flexibility index (Phi) is 3.87. The molecule has 2 aliphatic carbocycles. The standard InChI is InChI=1S/C18H27NO/c1-4-20-17-11-16(18(17,2)3)19-12-13-5-7-14(8-6-13)15-9-10-15/h5-8,15-17,19H,4,9-12H2,1-3H3. The van der Waals surface area contributed by atoms with Crippen LogP contribution in [0.4, 0.5) is 0 Å². The van der Waals surface area contributed by atoms with Crippen LogP contribution in [0.3, 0.4) is 0 Å². The van der Waals surface area contributed by atoms with Crippen molar-refractivity contribution in [2.75, 3.05) is 6.61 Å². The van der Waals surface area contributed by atoms with Gasteiger partial charge in [-0.1, -0.05) is 38.1 Å². The van der Waals surface area contributed by atoms with Crippen molar-refractivity contribution in [2.24, 2.45) is 5.41 Å². The highest BCUT2D eigenvalue weighted by Gasteiger charge is 2.48. The van der Waals surface area contributed by atoms with Crippen LogP contribution in [0.5, 0.6) is 0 Å². The molecule has 2 saturated carbocycles. The van der Waals surface area contributed by atoms with Crippen molar-refractivity contribution in [1.82, 2.24) is 5.32 Å². The van der Waals surface area contributed by atoms with Crippen LogP contribution < -0.4 is 5.32 Å². The summed E-state index contributed by atoms with van der Waals surface area (Å²) in [6.45, 7) is 8.50. The van der Waals surface area contributed by atoms with E-state index in [9.17, 15) is 0 Å². The first kappa shape index (κ1) is 14.1. The first-order valence-electron chi connectivity index (χ1n) is 8.05. The molecular formula is C18H27NO. The molecule has 2 nitrogen and oxygen atoms in total. The van der Waals surface area contributed by atoms with E-state index in [2.05, 4.69) is 50.4 Å². The van der Waals surface area contributed by atoms with Gasteiger partial charge in [0.2, 0.25) is 0 Å². The largest absolute Gasteiger partial charge is 0.378 e. The monoisotopic (exact) mass is 273 g/mol. The Labute approximate surface area is 122 Å². The predicted octanol–water partition coefficient (Wildman–Crippen LogP) is 3.86. The summed E-state index contributed by atoms with van der Waals surface area (Å²) in [5.74, 6) is 0.856. The fourth-order valence-electron chi connectivity index (χ4n) is 3.28. The Hall–Kier alpha value is -0.860. The minimum Gasteiger partial charge on any atom is -0.378 e. The molecular weight excluding hydrogens is 246 g/mol. The Balaban J connectivity index is 1.50. The summed E-state index contributed by atoms with van der Waals surface area (Å²) in [5, 5.41) is 3.70. The summed E-state index contributed by atoms with van der Waals surface area (Å²) >= 11 is 0. The number of hydrogen-bond donors (Lipinski definition) is 1. The maximum Gasteiger partial charge on any atom is 0.0655 e. The van der Waals surface area contributed by atoms with Gasteiger partial charge in [-0.3, -0.25) is 0 Å². The highest BCUT2D eigenvalue weighted by atomic mass is 16.5. The third-order valence-corrected chi connectivity index (χ3v) is 5.13. The van der Waals surface area contributed by atoms with Crippen LogP contribution >= 0.6 is 0 Å². The molecule has 2 atom stereocenters. The van der Waals surface area contributed by atoms with Crippen LogP contribution in [0, 0.1) is 5.41 Å². The van der Waals surface area contributed by atoms with Crippen LogP contribution in [0.2, 0.25) is 0 Å². The number of ether oxygens (including phenoxy) is 1. The Bertz CT molecular complexity index is 447. The number of hydrogen-bond acceptors (Lipinski definition) is 2. The smallest absolute Gasteiger partial charge is 0.0655 e. The molecule has 20 heavy (non-hydrogen) atoms. The minimum absolute atomic E-state index is 0.254. The third kappa shape index (κ3) is 2.77. The quantitative estimate of drug-likeness (QED) is 0.850. The molecule has 0 aliphatic heterocycles. The van der Waals surface area contributed by atoms with E-state index in [1.54, 1.807) is 0 Å². The summed E-state index contributed by atoms with van der Waals surface area (Å²) in [6, 6.07) is 9.76. The Morgan fingerprint density at radius 2 is 1.90 bits per heavy atom. The van der Waals surface area contributed by atoms with Crippen LogP contribution in [-0.2, 0) is 11.3 Å². The van der Waals surface area contributed by atoms with Gasteiger partial charge in [0.05, 0.1) is 6.10 Å². The first-order valence-corrected chi connectivity index (χ1v) is 8.05. The molecule has 2 heteroatoms. The van der Waals surface area contributed by atoms with Crippen molar-refractivity contribution in [2.45, 2.75) is 64.6 Å². The van der Waals surface area contributed by atoms with Crippen molar-refractivity contribution < 1.29 is 4.74 Å². The van der Waals surface area contributed by atoms with Gasteiger partial charge < -0.3 is 10.1 Å². The molecule has 2 unspecified atom stereocenters. The zero-order chi connectivity index (χ0) is 14.2. The van der Waals surface area contributed by atoms with Crippen molar-refractivity contribution >= 4 is 0 Å². The maximum absolute atomic E-state index is 5.78. The van der Waals surface area contributed by atoms with Gasteiger partial charge in [-0.25, -0.2) is 0 Å². The van der Waals surface area contributed by atoms with Gasteiger partial charge in [0.25, 0.3) is 0 Å². The second-order valence-electron chi connectivity index (χ2n) is 6.95. The highest BCUT2D eigenvalue weighted by Crippen LogP contribution is 2.43. The van der Waals surface area contributed by atoms with Gasteiger partial charge in [-0.15, -0.1) is 0 Å². The zero-order valence-electron chi connectivity index (χ0n) is 13.0. The minimum atomic E-state index is 0.254. The van der Waals surface area contributed by atoms with Gasteiger partial charge in [0, 0.05) is 24.6 Å². The lowest BCUT2D eigenvalue weighted by Gasteiger charge is -2.52. The van der Waals surface area contributed by atoms with Crippen LogP contribution in [-0.4, -0.2) is 18.8 Å². The van der Waals surface area contributed by atoms with E-state index in [0.717, 1.165) is 25.5 Å². The number of rotatable bonds is 6. The topological polar surface area (TPSA) is 21.3 Å². The molecule has 0 radical (unpaired) electrons. The molecule has 0 amide bonds. The summed E-state index contributed by atoms with van der Waals surface area (Å²) in [4.78, 5) is 0. The molecule has 1 aromatic carbocycles. The van der Waals surface area contributed by atoms with E-state index in [-0.39, 0.29) is 5.41 Å². The molecule has 0 heterocycles. The normalized spacial score (nSPS) is 28.1. The maximum atomic E-state index is 5.78. The molecule has 0 aromatic heterocycles. The van der Waals surface area contributed by atoms with Crippen molar-refractivity contribution in [3.8, 4) is 0 Å². The second kappa shape index (κ2) is 5.50. The van der Waals surface area contributed by atoms with Gasteiger partial charge >= 0.3 is 0 Å². The highest BCUT2D eigenvalue weighted by molar-refractivity contribution is 5.28. The summed E-state index contributed by atoms with van der Waals surface area (Å²) in [6.07, 6.45) is 4.32. The first-order chi connectivity index (χ1) is 9.61. The Morgan fingerprint density at radius 3 is 2.45 bits per heavy atom. The van der Waals surface area contributed by atoms with Crippen molar-refractivity contribution in [3.05, 3.63) is 35.4 Å². The van der Waals surface area contributed by atoms with E-state index in [1.165, 1.54) is 24.0 Å². The van der Waals surface area contributed by atoms with E-state index in [4.69, 9.17) is 4.74 Å². The molecule has 0 bridgehead atoms. The average molecular weight is 273 g/mol. The molecule has 1 N–H and O–H groups in total. The van der Waals surface area contributed by atoms with Gasteiger partial charge in [-0.05, 0) is 43.2 Å². The predicted molar refractivity (Wildman–Crippen MR) is 82.9 cm³/mol. The molecule has 0 spiro atoms. The number of nitrogens with one attached hydrogen (secondary N) is 1. The third-order valence-electron chi connectivity index (χ3n) is 5.13. The lowest BCUT2D eigenvalue weighted by Crippen LogP contribution is -2.60. The van der Waals surface area contributed by atoms with Gasteiger partial charge in [0.15, 0.2) is 0 Å². The molecule has 2 fully saturated rings. The molecule has 2 aliphatic rings. The molecule has 110 valence electrons. The lowest BCUT2D eigenvalue weighted by atomic mass is 9.64. The molecule has 3 rings (SSSR count).